The molecule has 4 rings (SSSR count). The third-order valence-corrected chi connectivity index (χ3v) is 7.72. The van der Waals surface area contributed by atoms with Crippen LogP contribution in [0.2, 0.25) is 0 Å². The van der Waals surface area contributed by atoms with Crippen molar-refractivity contribution in [2.24, 2.45) is 11.8 Å². The molecule has 7 heteroatoms. The van der Waals surface area contributed by atoms with E-state index in [9.17, 15) is 13.2 Å². The molecule has 0 spiro atoms. The van der Waals surface area contributed by atoms with Crippen molar-refractivity contribution >= 4 is 15.9 Å². The van der Waals surface area contributed by atoms with Gasteiger partial charge in [0, 0.05) is 32.5 Å². The molecule has 28 heavy (non-hydrogen) atoms. The Morgan fingerprint density at radius 2 is 1.68 bits per heavy atom. The van der Waals surface area contributed by atoms with Crippen molar-refractivity contribution in [3.05, 3.63) is 60.2 Å². The molecule has 0 unspecified atom stereocenters. The van der Waals surface area contributed by atoms with E-state index >= 15 is 0 Å². The minimum atomic E-state index is -3.57. The fourth-order valence-corrected chi connectivity index (χ4v) is 6.03. The van der Waals surface area contributed by atoms with Crippen molar-refractivity contribution in [1.29, 1.82) is 0 Å². The van der Waals surface area contributed by atoms with Gasteiger partial charge in [0.25, 0.3) is 0 Å². The molecule has 0 aromatic heterocycles. The molecule has 0 aliphatic carbocycles. The van der Waals surface area contributed by atoms with E-state index in [2.05, 4.69) is 0 Å². The molecule has 2 aromatic carbocycles. The zero-order chi connectivity index (χ0) is 19.9. The van der Waals surface area contributed by atoms with E-state index in [1.54, 1.807) is 42.6 Å². The summed E-state index contributed by atoms with van der Waals surface area (Å²) in [6, 6.07) is 16.3. The van der Waals surface area contributed by atoms with Gasteiger partial charge in [-0.25, -0.2) is 8.42 Å². The molecule has 6 nitrogen and oxygen atoms in total. The first kappa shape index (κ1) is 19.0. The molecule has 0 radical (unpaired) electrons. The summed E-state index contributed by atoms with van der Waals surface area (Å²) in [5, 5.41) is 0. The van der Waals surface area contributed by atoms with Crippen LogP contribution in [0, 0.1) is 11.8 Å². The van der Waals surface area contributed by atoms with Crippen LogP contribution >= 0.6 is 0 Å². The topological polar surface area (TPSA) is 66.9 Å². The lowest BCUT2D eigenvalue weighted by Crippen LogP contribution is -2.36. The first-order valence-electron chi connectivity index (χ1n) is 9.38. The molecular formula is C21H24N2O4S. The number of likely N-dealkylation sites (tertiary alicyclic amines) is 1. The first-order chi connectivity index (χ1) is 13.4. The van der Waals surface area contributed by atoms with Gasteiger partial charge in [0.15, 0.2) is 0 Å². The lowest BCUT2D eigenvalue weighted by atomic mass is 9.89. The Bertz CT molecular complexity index is 960. The third-order valence-electron chi connectivity index (χ3n) is 5.87. The maximum absolute atomic E-state index is 13.1. The van der Waals surface area contributed by atoms with Crippen molar-refractivity contribution in [2.45, 2.75) is 17.9 Å². The van der Waals surface area contributed by atoms with E-state index in [-0.39, 0.29) is 28.7 Å². The monoisotopic (exact) mass is 400 g/mol. The number of hydrogen-bond acceptors (Lipinski definition) is 4. The molecular weight excluding hydrogens is 376 g/mol. The summed E-state index contributed by atoms with van der Waals surface area (Å²) < 4.78 is 32.9. The van der Waals surface area contributed by atoms with Crippen molar-refractivity contribution < 1.29 is 17.9 Å². The number of nitrogens with zero attached hydrogens (tertiary/aromatic N) is 2. The molecule has 3 atom stereocenters. The van der Waals surface area contributed by atoms with Crippen LogP contribution in [0.4, 0.5) is 0 Å². The van der Waals surface area contributed by atoms with Crippen molar-refractivity contribution in [2.75, 3.05) is 26.7 Å². The van der Waals surface area contributed by atoms with Crippen LogP contribution in [0.15, 0.2) is 59.5 Å². The summed E-state index contributed by atoms with van der Waals surface area (Å²) in [5.74, 6) is 0.896. The number of amides is 1. The molecule has 1 amide bonds. The van der Waals surface area contributed by atoms with Gasteiger partial charge in [-0.2, -0.15) is 4.31 Å². The number of ether oxygens (including phenoxy) is 1. The Labute approximate surface area is 165 Å². The minimum Gasteiger partial charge on any atom is -0.497 e. The Kier molecular flexibility index (Phi) is 4.89. The number of rotatable bonds is 4. The van der Waals surface area contributed by atoms with Gasteiger partial charge in [0.05, 0.1) is 18.0 Å². The highest BCUT2D eigenvalue weighted by atomic mass is 32.2. The first-order valence-corrected chi connectivity index (χ1v) is 10.8. The second-order valence-electron chi connectivity index (χ2n) is 7.45. The molecule has 2 heterocycles. The van der Waals surface area contributed by atoms with E-state index in [4.69, 9.17) is 4.74 Å². The number of benzene rings is 2. The quantitative estimate of drug-likeness (QED) is 0.791. The average Bonchev–Trinajstić information content (AvgIpc) is 3.27. The Morgan fingerprint density at radius 3 is 2.29 bits per heavy atom. The molecule has 2 aliphatic rings. The SMILES string of the molecule is COc1ccc(S(=O)(=O)N2C[C@@H]3CN(C(C)=O)[C@@H](c4ccccc4)[C@@H]3C2)cc1. The third kappa shape index (κ3) is 3.18. The van der Waals surface area contributed by atoms with Crippen molar-refractivity contribution in [3.8, 4) is 5.75 Å². The van der Waals surface area contributed by atoms with Gasteiger partial charge in [-0.1, -0.05) is 30.3 Å². The number of carbonyl (C=O) groups excluding carboxylic acids is 1. The second-order valence-corrected chi connectivity index (χ2v) is 9.39. The van der Waals surface area contributed by atoms with Crippen LogP contribution < -0.4 is 4.74 Å². The standard InChI is InChI=1S/C21H24N2O4S/c1-15(24)23-13-17-12-22(14-20(17)21(23)16-6-4-3-5-7-16)28(25,26)19-10-8-18(27-2)9-11-19/h3-11,17,20-21H,12-14H2,1-2H3/t17-,20-,21+/m1/s1. The molecule has 0 saturated carbocycles. The summed E-state index contributed by atoms with van der Waals surface area (Å²) >= 11 is 0. The van der Waals surface area contributed by atoms with Gasteiger partial charge in [0.2, 0.25) is 15.9 Å². The molecule has 0 bridgehead atoms. The lowest BCUT2D eigenvalue weighted by molar-refractivity contribution is -0.130. The van der Waals surface area contributed by atoms with Gasteiger partial charge >= 0.3 is 0 Å². The van der Waals surface area contributed by atoms with Gasteiger partial charge in [-0.3, -0.25) is 4.79 Å². The fraction of sp³-hybridized carbons (Fsp3) is 0.381. The van der Waals surface area contributed by atoms with Crippen LogP contribution in [-0.2, 0) is 14.8 Å². The molecule has 2 saturated heterocycles. The number of carbonyl (C=O) groups is 1. The predicted octanol–water partition coefficient (Wildman–Crippen LogP) is 2.54. The van der Waals surface area contributed by atoms with E-state index in [0.717, 1.165) is 5.56 Å². The Morgan fingerprint density at radius 1 is 1.00 bits per heavy atom. The zero-order valence-corrected chi connectivity index (χ0v) is 16.8. The molecule has 0 N–H and O–H groups in total. The van der Waals surface area contributed by atoms with E-state index in [0.29, 0.717) is 25.4 Å². The summed E-state index contributed by atoms with van der Waals surface area (Å²) in [5.41, 5.74) is 1.06. The average molecular weight is 401 g/mol. The number of sulfonamides is 1. The van der Waals surface area contributed by atoms with Gasteiger partial charge in [-0.15, -0.1) is 0 Å². The highest BCUT2D eigenvalue weighted by molar-refractivity contribution is 7.89. The molecule has 2 aromatic rings. The maximum Gasteiger partial charge on any atom is 0.243 e. The Balaban J connectivity index is 1.61. The van der Waals surface area contributed by atoms with Gasteiger partial charge in [0.1, 0.15) is 5.75 Å². The highest BCUT2D eigenvalue weighted by Gasteiger charge is 2.50. The predicted molar refractivity (Wildman–Crippen MR) is 105 cm³/mol. The Hall–Kier alpha value is -2.38. The van der Waals surface area contributed by atoms with Crippen molar-refractivity contribution in [1.82, 2.24) is 9.21 Å². The number of hydrogen-bond donors (Lipinski definition) is 0. The van der Waals surface area contributed by atoms with E-state index in [1.165, 1.54) is 0 Å². The fourth-order valence-electron chi connectivity index (χ4n) is 4.50. The summed E-state index contributed by atoms with van der Waals surface area (Å²) in [6.07, 6.45) is 0. The highest BCUT2D eigenvalue weighted by Crippen LogP contribution is 2.46. The van der Waals surface area contributed by atoms with Gasteiger partial charge in [-0.05, 0) is 35.7 Å². The molecule has 2 fully saturated rings. The van der Waals surface area contributed by atoms with Crippen molar-refractivity contribution in [3.63, 3.8) is 0 Å². The molecule has 2 aliphatic heterocycles. The number of methoxy groups -OCH3 is 1. The maximum atomic E-state index is 13.1. The molecule has 148 valence electrons. The smallest absolute Gasteiger partial charge is 0.243 e. The largest absolute Gasteiger partial charge is 0.497 e. The minimum absolute atomic E-state index is 0.0350. The summed E-state index contributed by atoms with van der Waals surface area (Å²) in [6.45, 7) is 3.03. The van der Waals surface area contributed by atoms with Crippen LogP contribution in [0.5, 0.6) is 5.75 Å². The van der Waals surface area contributed by atoms with Crippen LogP contribution in [0.25, 0.3) is 0 Å². The van der Waals surface area contributed by atoms with Gasteiger partial charge < -0.3 is 9.64 Å². The van der Waals surface area contributed by atoms with E-state index < -0.39 is 10.0 Å². The normalized spacial score (nSPS) is 24.9. The number of fused-ring (bicyclic) bond motifs is 1. The summed E-state index contributed by atoms with van der Waals surface area (Å²) in [4.78, 5) is 14.4. The summed E-state index contributed by atoms with van der Waals surface area (Å²) in [7, 11) is -2.02. The van der Waals surface area contributed by atoms with E-state index in [1.807, 2.05) is 35.2 Å². The second kappa shape index (κ2) is 7.22. The van der Waals surface area contributed by atoms with Crippen LogP contribution in [0.3, 0.4) is 0 Å². The van der Waals surface area contributed by atoms with Crippen LogP contribution in [0.1, 0.15) is 18.5 Å². The lowest BCUT2D eigenvalue weighted by Gasteiger charge is -2.29. The van der Waals surface area contributed by atoms with Crippen LogP contribution in [-0.4, -0.2) is 50.3 Å². The zero-order valence-electron chi connectivity index (χ0n) is 16.0.